The molecule has 0 radical (unpaired) electrons. The molecule has 0 saturated carbocycles. The fourth-order valence-electron chi connectivity index (χ4n) is 2.20. The monoisotopic (exact) mass is 245 g/mol. The molecule has 18 heavy (non-hydrogen) atoms. The average molecular weight is 245 g/mol. The van der Waals surface area contributed by atoms with Gasteiger partial charge in [-0.15, -0.1) is 0 Å². The Morgan fingerprint density at radius 1 is 1.39 bits per heavy atom. The topological polar surface area (TPSA) is 59.9 Å². The van der Waals surface area contributed by atoms with Crippen LogP contribution in [0, 0.1) is 0 Å². The molecule has 1 atom stereocenters. The lowest BCUT2D eigenvalue weighted by Crippen LogP contribution is -2.18. The predicted molar refractivity (Wildman–Crippen MR) is 67.1 cm³/mol. The first-order valence-corrected chi connectivity index (χ1v) is 6.18. The lowest BCUT2D eigenvalue weighted by Gasteiger charge is -2.22. The zero-order valence-corrected chi connectivity index (χ0v) is 10.0. The average Bonchev–Trinajstić information content (AvgIpc) is 2.89. The number of ether oxygens (including phenoxy) is 1. The molecule has 0 amide bonds. The van der Waals surface area contributed by atoms with E-state index in [1.807, 2.05) is 16.9 Å². The van der Waals surface area contributed by atoms with Gasteiger partial charge in [-0.1, -0.05) is 0 Å². The standard InChI is InChI=1S/C13H15N3O2/c17-12-7-10(4-5-14-12)11-8-15-16(9-11)13-3-1-2-6-18-13/h4-5,7-9,13H,1-3,6H2,(H,14,17). The molecule has 0 aromatic carbocycles. The van der Waals surface area contributed by atoms with E-state index in [2.05, 4.69) is 10.1 Å². The summed E-state index contributed by atoms with van der Waals surface area (Å²) in [5.41, 5.74) is 1.71. The zero-order valence-electron chi connectivity index (χ0n) is 10.0. The van der Waals surface area contributed by atoms with Gasteiger partial charge in [0.1, 0.15) is 6.23 Å². The molecule has 5 heteroatoms. The van der Waals surface area contributed by atoms with Gasteiger partial charge in [-0.25, -0.2) is 4.68 Å². The lowest BCUT2D eigenvalue weighted by molar-refractivity contribution is -0.0394. The summed E-state index contributed by atoms with van der Waals surface area (Å²) in [6, 6.07) is 3.44. The third kappa shape index (κ3) is 2.22. The molecule has 2 aromatic heterocycles. The maximum Gasteiger partial charge on any atom is 0.248 e. The quantitative estimate of drug-likeness (QED) is 0.879. The van der Waals surface area contributed by atoms with Crippen molar-refractivity contribution in [2.45, 2.75) is 25.5 Å². The van der Waals surface area contributed by atoms with Gasteiger partial charge in [0.25, 0.3) is 0 Å². The Bertz CT molecular complexity index is 582. The fourth-order valence-corrected chi connectivity index (χ4v) is 2.20. The molecule has 1 N–H and O–H groups in total. The molecule has 5 nitrogen and oxygen atoms in total. The Morgan fingerprint density at radius 3 is 3.11 bits per heavy atom. The molecule has 0 spiro atoms. The van der Waals surface area contributed by atoms with E-state index in [1.54, 1.807) is 18.5 Å². The van der Waals surface area contributed by atoms with Gasteiger partial charge >= 0.3 is 0 Å². The highest BCUT2D eigenvalue weighted by Crippen LogP contribution is 2.24. The number of hydrogen-bond acceptors (Lipinski definition) is 3. The van der Waals surface area contributed by atoms with E-state index in [0.29, 0.717) is 0 Å². The normalized spacial score (nSPS) is 19.9. The summed E-state index contributed by atoms with van der Waals surface area (Å²) in [4.78, 5) is 13.9. The van der Waals surface area contributed by atoms with Crippen LogP contribution in [0.4, 0.5) is 0 Å². The molecule has 1 fully saturated rings. The first kappa shape index (κ1) is 11.2. The van der Waals surface area contributed by atoms with Crippen LogP contribution in [0.1, 0.15) is 25.5 Å². The van der Waals surface area contributed by atoms with Gasteiger partial charge in [0, 0.05) is 30.6 Å². The van der Waals surface area contributed by atoms with Crippen molar-refractivity contribution < 1.29 is 4.74 Å². The molecule has 3 heterocycles. The number of rotatable bonds is 2. The molecular formula is C13H15N3O2. The fraction of sp³-hybridized carbons (Fsp3) is 0.385. The molecule has 94 valence electrons. The molecule has 1 unspecified atom stereocenters. The lowest BCUT2D eigenvalue weighted by atomic mass is 10.1. The minimum absolute atomic E-state index is 0.0366. The van der Waals surface area contributed by atoms with Gasteiger partial charge in [-0.05, 0) is 30.9 Å². The van der Waals surface area contributed by atoms with Crippen LogP contribution in [-0.4, -0.2) is 21.4 Å². The van der Waals surface area contributed by atoms with Crippen molar-refractivity contribution in [1.29, 1.82) is 0 Å². The second kappa shape index (κ2) is 4.78. The van der Waals surface area contributed by atoms with Crippen LogP contribution < -0.4 is 5.56 Å². The summed E-state index contributed by atoms with van der Waals surface area (Å²) in [6.45, 7) is 0.796. The van der Waals surface area contributed by atoms with Gasteiger partial charge in [0.15, 0.2) is 0 Å². The van der Waals surface area contributed by atoms with Crippen molar-refractivity contribution >= 4 is 0 Å². The summed E-state index contributed by atoms with van der Waals surface area (Å²) in [6.07, 6.45) is 8.68. The van der Waals surface area contributed by atoms with Gasteiger partial charge in [0.05, 0.1) is 6.20 Å². The van der Waals surface area contributed by atoms with Crippen LogP contribution in [0.3, 0.4) is 0 Å². The number of hydrogen-bond donors (Lipinski definition) is 1. The highest BCUT2D eigenvalue weighted by atomic mass is 16.5. The molecular weight excluding hydrogens is 230 g/mol. The predicted octanol–water partition coefficient (Wildman–Crippen LogP) is 1.94. The van der Waals surface area contributed by atoms with Gasteiger partial charge < -0.3 is 9.72 Å². The van der Waals surface area contributed by atoms with Crippen molar-refractivity contribution in [2.75, 3.05) is 6.61 Å². The number of nitrogens with one attached hydrogen (secondary N) is 1. The zero-order chi connectivity index (χ0) is 12.4. The molecule has 1 aliphatic heterocycles. The van der Waals surface area contributed by atoms with E-state index in [9.17, 15) is 4.79 Å². The van der Waals surface area contributed by atoms with Crippen LogP contribution in [-0.2, 0) is 4.74 Å². The number of nitrogens with zero attached hydrogens (tertiary/aromatic N) is 2. The summed E-state index contributed by atoms with van der Waals surface area (Å²) in [5.74, 6) is 0. The van der Waals surface area contributed by atoms with E-state index < -0.39 is 0 Å². The Labute approximate surface area is 104 Å². The minimum atomic E-state index is -0.103. The molecule has 3 rings (SSSR count). The van der Waals surface area contributed by atoms with Gasteiger partial charge in [-0.3, -0.25) is 4.79 Å². The van der Waals surface area contributed by atoms with E-state index in [4.69, 9.17) is 4.74 Å². The van der Waals surface area contributed by atoms with Crippen LogP contribution in [0.5, 0.6) is 0 Å². The highest BCUT2D eigenvalue weighted by Gasteiger charge is 2.16. The summed E-state index contributed by atoms with van der Waals surface area (Å²) < 4.78 is 7.51. The smallest absolute Gasteiger partial charge is 0.248 e. The Balaban J connectivity index is 1.86. The van der Waals surface area contributed by atoms with E-state index in [0.717, 1.165) is 30.6 Å². The second-order valence-corrected chi connectivity index (χ2v) is 4.47. The highest BCUT2D eigenvalue weighted by molar-refractivity contribution is 5.60. The Kier molecular flexibility index (Phi) is 2.98. The van der Waals surface area contributed by atoms with E-state index in [-0.39, 0.29) is 11.8 Å². The molecule has 2 aromatic rings. The number of pyridine rings is 1. The maximum atomic E-state index is 11.3. The summed E-state index contributed by atoms with van der Waals surface area (Å²) in [7, 11) is 0. The first-order chi connectivity index (χ1) is 8.83. The van der Waals surface area contributed by atoms with Crippen LogP contribution in [0.2, 0.25) is 0 Å². The van der Waals surface area contributed by atoms with Crippen LogP contribution >= 0.6 is 0 Å². The SMILES string of the molecule is O=c1cc(-c2cnn(C3CCCCO3)c2)cc[nH]1. The maximum absolute atomic E-state index is 11.3. The van der Waals surface area contributed by atoms with Crippen molar-refractivity contribution in [2.24, 2.45) is 0 Å². The minimum Gasteiger partial charge on any atom is -0.357 e. The molecule has 0 aliphatic carbocycles. The number of H-pyrrole nitrogens is 1. The number of aromatic nitrogens is 3. The molecule has 0 bridgehead atoms. The molecule has 1 aliphatic rings. The van der Waals surface area contributed by atoms with Gasteiger partial charge in [0.2, 0.25) is 5.56 Å². The van der Waals surface area contributed by atoms with Crippen LogP contribution in [0.25, 0.3) is 11.1 Å². The van der Waals surface area contributed by atoms with Crippen molar-refractivity contribution in [3.63, 3.8) is 0 Å². The van der Waals surface area contributed by atoms with Crippen molar-refractivity contribution in [3.05, 3.63) is 41.1 Å². The summed E-state index contributed by atoms with van der Waals surface area (Å²) in [5, 5.41) is 4.33. The Hall–Kier alpha value is -1.88. The van der Waals surface area contributed by atoms with E-state index in [1.165, 1.54) is 6.42 Å². The summed E-state index contributed by atoms with van der Waals surface area (Å²) >= 11 is 0. The van der Waals surface area contributed by atoms with Gasteiger partial charge in [-0.2, -0.15) is 5.10 Å². The molecule has 1 saturated heterocycles. The first-order valence-electron chi connectivity index (χ1n) is 6.18. The Morgan fingerprint density at radius 2 is 2.33 bits per heavy atom. The van der Waals surface area contributed by atoms with Crippen molar-refractivity contribution in [3.8, 4) is 11.1 Å². The number of aromatic amines is 1. The second-order valence-electron chi connectivity index (χ2n) is 4.47. The third-order valence-electron chi connectivity index (χ3n) is 3.16. The third-order valence-corrected chi connectivity index (χ3v) is 3.16. The van der Waals surface area contributed by atoms with E-state index >= 15 is 0 Å². The van der Waals surface area contributed by atoms with Crippen molar-refractivity contribution in [1.82, 2.24) is 14.8 Å². The largest absolute Gasteiger partial charge is 0.357 e. The van der Waals surface area contributed by atoms with Crippen LogP contribution in [0.15, 0.2) is 35.5 Å².